The van der Waals surface area contributed by atoms with Gasteiger partial charge in [0.15, 0.2) is 0 Å². The first kappa shape index (κ1) is 8.75. The van der Waals surface area contributed by atoms with Crippen LogP contribution < -0.4 is 5.73 Å². The SMILES string of the molecule is CN1CCC=C(CCCN)C1. The minimum absolute atomic E-state index is 0.820. The fourth-order valence-electron chi connectivity index (χ4n) is 1.49. The van der Waals surface area contributed by atoms with Crippen LogP contribution in [0.15, 0.2) is 11.6 Å². The minimum Gasteiger partial charge on any atom is -0.330 e. The maximum absolute atomic E-state index is 5.44. The Hall–Kier alpha value is -0.340. The van der Waals surface area contributed by atoms with Crippen molar-refractivity contribution in [3.8, 4) is 0 Å². The highest BCUT2D eigenvalue weighted by atomic mass is 15.1. The predicted octanol–water partition coefficient (Wildman–Crippen LogP) is 0.987. The Balaban J connectivity index is 2.27. The van der Waals surface area contributed by atoms with Crippen LogP contribution >= 0.6 is 0 Å². The molecular weight excluding hydrogens is 136 g/mol. The fraction of sp³-hybridized carbons (Fsp3) is 0.778. The smallest absolute Gasteiger partial charge is 0.0189 e. The molecule has 2 nitrogen and oxygen atoms in total. The summed E-state index contributed by atoms with van der Waals surface area (Å²) in [7, 11) is 2.18. The zero-order chi connectivity index (χ0) is 8.10. The molecule has 64 valence electrons. The maximum Gasteiger partial charge on any atom is 0.0189 e. The van der Waals surface area contributed by atoms with Crippen molar-refractivity contribution in [1.82, 2.24) is 4.90 Å². The lowest BCUT2D eigenvalue weighted by Gasteiger charge is -2.22. The van der Waals surface area contributed by atoms with Crippen LogP contribution in [0.1, 0.15) is 19.3 Å². The molecule has 1 heterocycles. The summed E-state index contributed by atoms with van der Waals surface area (Å²) in [6.07, 6.45) is 5.92. The monoisotopic (exact) mass is 154 g/mol. The molecule has 0 aromatic rings. The van der Waals surface area contributed by atoms with Gasteiger partial charge in [-0.15, -0.1) is 0 Å². The highest BCUT2D eigenvalue weighted by Gasteiger charge is 2.06. The van der Waals surface area contributed by atoms with Crippen molar-refractivity contribution >= 4 is 0 Å². The minimum atomic E-state index is 0.820. The van der Waals surface area contributed by atoms with E-state index in [1.807, 2.05) is 0 Å². The van der Waals surface area contributed by atoms with Gasteiger partial charge in [-0.05, 0) is 32.9 Å². The Morgan fingerprint density at radius 2 is 2.45 bits per heavy atom. The molecule has 0 aromatic heterocycles. The molecule has 0 saturated carbocycles. The zero-order valence-electron chi connectivity index (χ0n) is 7.34. The third kappa shape index (κ3) is 3.04. The standard InChI is InChI=1S/C9H18N2/c1-11-7-3-5-9(8-11)4-2-6-10/h5H,2-4,6-8,10H2,1H3. The largest absolute Gasteiger partial charge is 0.330 e. The summed E-state index contributed by atoms with van der Waals surface area (Å²) in [5.74, 6) is 0. The van der Waals surface area contributed by atoms with E-state index < -0.39 is 0 Å². The number of nitrogens with two attached hydrogens (primary N) is 1. The van der Waals surface area contributed by atoms with Gasteiger partial charge in [-0.1, -0.05) is 11.6 Å². The van der Waals surface area contributed by atoms with E-state index in [2.05, 4.69) is 18.0 Å². The molecule has 0 unspecified atom stereocenters. The number of hydrogen-bond donors (Lipinski definition) is 1. The molecule has 2 N–H and O–H groups in total. The molecule has 0 aromatic carbocycles. The van der Waals surface area contributed by atoms with Crippen LogP contribution in [0.4, 0.5) is 0 Å². The molecule has 0 amide bonds. The topological polar surface area (TPSA) is 29.3 Å². The van der Waals surface area contributed by atoms with Crippen LogP contribution in [0.2, 0.25) is 0 Å². The number of likely N-dealkylation sites (N-methyl/N-ethyl adjacent to an activating group) is 1. The molecule has 0 saturated heterocycles. The maximum atomic E-state index is 5.44. The van der Waals surface area contributed by atoms with E-state index in [-0.39, 0.29) is 0 Å². The second kappa shape index (κ2) is 4.52. The molecule has 1 aliphatic rings. The third-order valence-corrected chi connectivity index (χ3v) is 2.12. The molecule has 1 aliphatic heterocycles. The van der Waals surface area contributed by atoms with Gasteiger partial charge < -0.3 is 10.6 Å². The first-order valence-corrected chi connectivity index (χ1v) is 4.39. The van der Waals surface area contributed by atoms with Crippen molar-refractivity contribution in [2.45, 2.75) is 19.3 Å². The van der Waals surface area contributed by atoms with Crippen LogP contribution in [-0.4, -0.2) is 31.6 Å². The van der Waals surface area contributed by atoms with E-state index in [9.17, 15) is 0 Å². The lowest BCUT2D eigenvalue weighted by atomic mass is 10.1. The quantitative estimate of drug-likeness (QED) is 0.614. The van der Waals surface area contributed by atoms with Gasteiger partial charge in [-0.25, -0.2) is 0 Å². The molecule has 11 heavy (non-hydrogen) atoms. The molecule has 0 spiro atoms. The number of rotatable bonds is 3. The van der Waals surface area contributed by atoms with Gasteiger partial charge in [0.05, 0.1) is 0 Å². The normalized spacial score (nSPS) is 20.0. The van der Waals surface area contributed by atoms with E-state index in [4.69, 9.17) is 5.73 Å². The lowest BCUT2D eigenvalue weighted by Crippen LogP contribution is -2.25. The van der Waals surface area contributed by atoms with Crippen LogP contribution in [0.5, 0.6) is 0 Å². The average Bonchev–Trinajstić information content (AvgIpc) is 2.01. The average molecular weight is 154 g/mol. The van der Waals surface area contributed by atoms with Crippen LogP contribution in [0.25, 0.3) is 0 Å². The van der Waals surface area contributed by atoms with Crippen molar-refractivity contribution in [2.24, 2.45) is 5.73 Å². The van der Waals surface area contributed by atoms with Crippen molar-refractivity contribution in [2.75, 3.05) is 26.7 Å². The van der Waals surface area contributed by atoms with Crippen molar-refractivity contribution < 1.29 is 0 Å². The molecule has 0 bridgehead atoms. The second-order valence-electron chi connectivity index (χ2n) is 3.28. The van der Waals surface area contributed by atoms with Gasteiger partial charge >= 0.3 is 0 Å². The molecule has 1 rings (SSSR count). The summed E-state index contributed by atoms with van der Waals surface area (Å²) < 4.78 is 0. The second-order valence-corrected chi connectivity index (χ2v) is 3.28. The van der Waals surface area contributed by atoms with Crippen LogP contribution in [-0.2, 0) is 0 Å². The van der Waals surface area contributed by atoms with Gasteiger partial charge in [0.2, 0.25) is 0 Å². The van der Waals surface area contributed by atoms with Gasteiger partial charge in [0.1, 0.15) is 0 Å². The molecule has 0 aliphatic carbocycles. The van der Waals surface area contributed by atoms with E-state index in [0.717, 1.165) is 19.5 Å². The summed E-state index contributed by atoms with van der Waals surface area (Å²) in [6.45, 7) is 3.19. The highest BCUT2D eigenvalue weighted by Crippen LogP contribution is 2.12. The van der Waals surface area contributed by atoms with Gasteiger partial charge in [-0.3, -0.25) is 0 Å². The Morgan fingerprint density at radius 1 is 1.64 bits per heavy atom. The lowest BCUT2D eigenvalue weighted by molar-refractivity contribution is 0.349. The van der Waals surface area contributed by atoms with Crippen LogP contribution in [0.3, 0.4) is 0 Å². The van der Waals surface area contributed by atoms with E-state index in [0.29, 0.717) is 0 Å². The first-order valence-electron chi connectivity index (χ1n) is 4.39. The highest BCUT2D eigenvalue weighted by molar-refractivity contribution is 5.07. The Labute approximate surface area is 69.1 Å². The Morgan fingerprint density at radius 3 is 3.09 bits per heavy atom. The van der Waals surface area contributed by atoms with Gasteiger partial charge in [0, 0.05) is 13.1 Å². The third-order valence-electron chi connectivity index (χ3n) is 2.12. The van der Waals surface area contributed by atoms with Crippen molar-refractivity contribution in [3.05, 3.63) is 11.6 Å². The van der Waals surface area contributed by atoms with Crippen LogP contribution in [0, 0.1) is 0 Å². The van der Waals surface area contributed by atoms with E-state index >= 15 is 0 Å². The predicted molar refractivity (Wildman–Crippen MR) is 48.5 cm³/mol. The van der Waals surface area contributed by atoms with Gasteiger partial charge in [-0.2, -0.15) is 0 Å². The summed E-state index contributed by atoms with van der Waals surface area (Å²) in [6, 6.07) is 0. The Kier molecular flexibility index (Phi) is 3.60. The van der Waals surface area contributed by atoms with E-state index in [1.54, 1.807) is 5.57 Å². The summed E-state index contributed by atoms with van der Waals surface area (Å²) in [5, 5.41) is 0. The summed E-state index contributed by atoms with van der Waals surface area (Å²) in [5.41, 5.74) is 7.01. The molecule has 2 heteroatoms. The Bertz CT molecular complexity index is 140. The summed E-state index contributed by atoms with van der Waals surface area (Å²) >= 11 is 0. The van der Waals surface area contributed by atoms with Gasteiger partial charge in [0.25, 0.3) is 0 Å². The molecule has 0 radical (unpaired) electrons. The molecular formula is C9H18N2. The molecule has 0 atom stereocenters. The zero-order valence-corrected chi connectivity index (χ0v) is 7.34. The fourth-order valence-corrected chi connectivity index (χ4v) is 1.49. The van der Waals surface area contributed by atoms with Crippen molar-refractivity contribution in [3.63, 3.8) is 0 Å². The number of hydrogen-bond acceptors (Lipinski definition) is 2. The van der Waals surface area contributed by atoms with E-state index in [1.165, 1.54) is 19.4 Å². The molecule has 0 fully saturated rings. The van der Waals surface area contributed by atoms with Crippen molar-refractivity contribution in [1.29, 1.82) is 0 Å². The number of nitrogens with zero attached hydrogens (tertiary/aromatic N) is 1. The summed E-state index contributed by atoms with van der Waals surface area (Å²) in [4.78, 5) is 2.37. The first-order chi connectivity index (χ1) is 5.33.